The highest BCUT2D eigenvalue weighted by molar-refractivity contribution is 6.21. The van der Waals surface area contributed by atoms with Gasteiger partial charge in [0.05, 0.1) is 12.2 Å². The largest absolute Gasteiger partial charge is 0.494 e. The molecule has 0 amide bonds. The molecule has 0 saturated heterocycles. The number of carbonyl (C=O) groups is 1. The van der Waals surface area contributed by atoms with E-state index in [0.717, 1.165) is 23.3 Å². The lowest BCUT2D eigenvalue weighted by molar-refractivity contribution is -0.130. The third kappa shape index (κ3) is 3.95. The van der Waals surface area contributed by atoms with E-state index in [2.05, 4.69) is 4.98 Å². The van der Waals surface area contributed by atoms with E-state index >= 15 is 0 Å². The lowest BCUT2D eigenvalue weighted by Crippen LogP contribution is -2.02. The molecule has 0 fully saturated rings. The van der Waals surface area contributed by atoms with E-state index in [1.807, 2.05) is 19.9 Å². The fraction of sp³-hybridized carbons (Fsp3) is 0.222. The lowest BCUT2D eigenvalue weighted by atomic mass is 9.98. The molecule has 1 aromatic carbocycles. The van der Waals surface area contributed by atoms with Crippen LogP contribution in [0.1, 0.15) is 30.0 Å². The third-order valence-electron chi connectivity index (χ3n) is 3.21. The fourth-order valence-electron chi connectivity index (χ4n) is 2.13. The van der Waals surface area contributed by atoms with Gasteiger partial charge in [0.1, 0.15) is 5.75 Å². The molecule has 0 radical (unpaired) electrons. The number of carboxylic acids is 1. The Morgan fingerprint density at radius 1 is 1.27 bits per heavy atom. The Hall–Kier alpha value is -2.62. The van der Waals surface area contributed by atoms with E-state index in [-0.39, 0.29) is 5.57 Å². The van der Waals surface area contributed by atoms with Gasteiger partial charge in [0, 0.05) is 12.4 Å². The molecule has 0 bridgehead atoms. The molecule has 0 aliphatic rings. The molecular weight excluding hydrogens is 278 g/mol. The van der Waals surface area contributed by atoms with Crippen LogP contribution in [0.4, 0.5) is 0 Å². The normalized spacial score (nSPS) is 11.3. The van der Waals surface area contributed by atoms with Crippen LogP contribution in [0.15, 0.2) is 42.7 Å². The minimum Gasteiger partial charge on any atom is -0.494 e. The van der Waals surface area contributed by atoms with Crippen molar-refractivity contribution in [2.24, 2.45) is 0 Å². The Balaban J connectivity index is 2.37. The van der Waals surface area contributed by atoms with Crippen molar-refractivity contribution in [3.63, 3.8) is 0 Å². The Morgan fingerprint density at radius 2 is 2.00 bits per heavy atom. The number of nitrogens with zero attached hydrogens (tertiary/aromatic N) is 1. The van der Waals surface area contributed by atoms with E-state index in [9.17, 15) is 9.90 Å². The van der Waals surface area contributed by atoms with Crippen LogP contribution in [0.25, 0.3) is 11.6 Å². The van der Waals surface area contributed by atoms with E-state index in [1.165, 1.54) is 0 Å². The molecule has 0 atom stereocenters. The fourth-order valence-corrected chi connectivity index (χ4v) is 2.13. The van der Waals surface area contributed by atoms with Gasteiger partial charge in [-0.25, -0.2) is 4.79 Å². The standard InChI is InChI=1S/C18H19NO3/c1-3-10-22-15-4-5-16(13(2)11-15)17(18(20)21)12-14-6-8-19-9-7-14/h4-9,11-12H,3,10H2,1-2H3,(H,20,21)/b17-12-. The number of hydrogen-bond acceptors (Lipinski definition) is 3. The van der Waals surface area contributed by atoms with Crippen molar-refractivity contribution in [1.29, 1.82) is 0 Å². The van der Waals surface area contributed by atoms with Gasteiger partial charge in [-0.15, -0.1) is 0 Å². The van der Waals surface area contributed by atoms with Crippen molar-refractivity contribution in [3.05, 3.63) is 59.4 Å². The second kappa shape index (κ2) is 7.41. The Bertz CT molecular complexity index is 678. The molecule has 22 heavy (non-hydrogen) atoms. The minimum absolute atomic E-state index is 0.255. The summed E-state index contributed by atoms with van der Waals surface area (Å²) in [7, 11) is 0. The number of ether oxygens (including phenoxy) is 1. The van der Waals surface area contributed by atoms with Crippen LogP contribution in [0.5, 0.6) is 5.75 Å². The summed E-state index contributed by atoms with van der Waals surface area (Å²) in [6, 6.07) is 9.02. The molecule has 0 aliphatic heterocycles. The molecule has 1 N–H and O–H groups in total. The summed E-state index contributed by atoms with van der Waals surface area (Å²) in [6.07, 6.45) is 5.86. The number of hydrogen-bond donors (Lipinski definition) is 1. The molecule has 1 heterocycles. The van der Waals surface area contributed by atoms with Crippen molar-refractivity contribution in [2.45, 2.75) is 20.3 Å². The maximum atomic E-state index is 11.6. The average molecular weight is 297 g/mol. The monoisotopic (exact) mass is 297 g/mol. The molecule has 114 valence electrons. The van der Waals surface area contributed by atoms with Gasteiger partial charge in [-0.3, -0.25) is 4.98 Å². The average Bonchev–Trinajstić information content (AvgIpc) is 2.52. The van der Waals surface area contributed by atoms with Gasteiger partial charge in [-0.05, 0) is 60.4 Å². The summed E-state index contributed by atoms with van der Waals surface area (Å²) in [5.74, 6) is -0.195. The first-order valence-electron chi connectivity index (χ1n) is 7.20. The lowest BCUT2D eigenvalue weighted by Gasteiger charge is -2.10. The molecule has 4 heteroatoms. The molecule has 4 nitrogen and oxygen atoms in total. The Kier molecular flexibility index (Phi) is 5.31. The zero-order chi connectivity index (χ0) is 15.9. The summed E-state index contributed by atoms with van der Waals surface area (Å²) >= 11 is 0. The summed E-state index contributed by atoms with van der Waals surface area (Å²) in [6.45, 7) is 4.58. The first-order valence-corrected chi connectivity index (χ1v) is 7.20. The first kappa shape index (κ1) is 15.8. The van der Waals surface area contributed by atoms with E-state index in [1.54, 1.807) is 42.7 Å². The highest BCUT2D eigenvalue weighted by atomic mass is 16.5. The number of aromatic nitrogens is 1. The zero-order valence-corrected chi connectivity index (χ0v) is 12.7. The molecule has 1 aromatic heterocycles. The van der Waals surface area contributed by atoms with Crippen LogP contribution in [-0.2, 0) is 4.79 Å². The quantitative estimate of drug-likeness (QED) is 0.824. The topological polar surface area (TPSA) is 59.4 Å². The van der Waals surface area contributed by atoms with Crippen molar-refractivity contribution in [2.75, 3.05) is 6.61 Å². The van der Waals surface area contributed by atoms with Crippen LogP contribution in [0.3, 0.4) is 0 Å². The zero-order valence-electron chi connectivity index (χ0n) is 12.7. The number of carboxylic acid groups (broad SMARTS) is 1. The predicted molar refractivity (Wildman–Crippen MR) is 86.7 cm³/mol. The molecule has 0 unspecified atom stereocenters. The number of aryl methyl sites for hydroxylation is 1. The molecule has 0 aliphatic carbocycles. The van der Waals surface area contributed by atoms with Gasteiger partial charge in [-0.2, -0.15) is 0 Å². The summed E-state index contributed by atoms with van der Waals surface area (Å²) < 4.78 is 5.57. The van der Waals surface area contributed by atoms with Crippen molar-refractivity contribution >= 4 is 17.6 Å². The molecule has 2 rings (SSSR count). The summed E-state index contributed by atoms with van der Waals surface area (Å²) in [5, 5.41) is 9.51. The van der Waals surface area contributed by atoms with E-state index < -0.39 is 5.97 Å². The van der Waals surface area contributed by atoms with Gasteiger partial charge in [0.2, 0.25) is 0 Å². The predicted octanol–water partition coefficient (Wildman–Crippen LogP) is 3.80. The van der Waals surface area contributed by atoms with Crippen molar-refractivity contribution < 1.29 is 14.6 Å². The van der Waals surface area contributed by atoms with Gasteiger partial charge in [0.25, 0.3) is 0 Å². The van der Waals surface area contributed by atoms with E-state index in [0.29, 0.717) is 12.2 Å². The summed E-state index contributed by atoms with van der Waals surface area (Å²) in [5.41, 5.74) is 2.62. The Morgan fingerprint density at radius 3 is 2.59 bits per heavy atom. The van der Waals surface area contributed by atoms with Crippen LogP contribution >= 0.6 is 0 Å². The smallest absolute Gasteiger partial charge is 0.336 e. The highest BCUT2D eigenvalue weighted by Gasteiger charge is 2.13. The van der Waals surface area contributed by atoms with Crippen LogP contribution in [-0.4, -0.2) is 22.7 Å². The van der Waals surface area contributed by atoms with Crippen LogP contribution < -0.4 is 4.74 Å². The van der Waals surface area contributed by atoms with Gasteiger partial charge in [-0.1, -0.05) is 13.0 Å². The number of aliphatic carboxylic acids is 1. The molecule has 0 spiro atoms. The third-order valence-corrected chi connectivity index (χ3v) is 3.21. The van der Waals surface area contributed by atoms with Crippen molar-refractivity contribution in [1.82, 2.24) is 4.98 Å². The number of rotatable bonds is 6. The SMILES string of the molecule is CCCOc1ccc(/C(=C/c2ccncc2)C(=O)O)c(C)c1. The molecular formula is C18H19NO3. The molecule has 0 saturated carbocycles. The maximum absolute atomic E-state index is 11.6. The van der Waals surface area contributed by atoms with Crippen molar-refractivity contribution in [3.8, 4) is 5.75 Å². The Labute approximate surface area is 130 Å². The number of benzene rings is 1. The van der Waals surface area contributed by atoms with Gasteiger partial charge >= 0.3 is 5.97 Å². The van der Waals surface area contributed by atoms with Gasteiger partial charge in [0.15, 0.2) is 0 Å². The maximum Gasteiger partial charge on any atom is 0.336 e. The van der Waals surface area contributed by atoms with E-state index in [4.69, 9.17) is 4.74 Å². The first-order chi connectivity index (χ1) is 10.6. The minimum atomic E-state index is -0.956. The molecule has 2 aromatic rings. The highest BCUT2D eigenvalue weighted by Crippen LogP contribution is 2.25. The van der Waals surface area contributed by atoms with Crippen LogP contribution in [0, 0.1) is 6.92 Å². The number of pyridine rings is 1. The second-order valence-corrected chi connectivity index (χ2v) is 4.97. The second-order valence-electron chi connectivity index (χ2n) is 4.97. The van der Waals surface area contributed by atoms with Gasteiger partial charge < -0.3 is 9.84 Å². The summed E-state index contributed by atoms with van der Waals surface area (Å²) in [4.78, 5) is 15.5. The van der Waals surface area contributed by atoms with Crippen LogP contribution in [0.2, 0.25) is 0 Å².